The summed E-state index contributed by atoms with van der Waals surface area (Å²) < 4.78 is 12.3. The summed E-state index contributed by atoms with van der Waals surface area (Å²) in [5.41, 5.74) is 2.75. The highest BCUT2D eigenvalue weighted by Gasteiger charge is 2.33. The molecule has 2 aliphatic heterocycles. The molecule has 0 bridgehead atoms. The van der Waals surface area contributed by atoms with Crippen LogP contribution in [0.1, 0.15) is 81.1 Å². The van der Waals surface area contributed by atoms with Gasteiger partial charge in [0.15, 0.2) is 5.82 Å². The van der Waals surface area contributed by atoms with Crippen molar-refractivity contribution in [3.63, 3.8) is 0 Å². The van der Waals surface area contributed by atoms with Gasteiger partial charge in [0.2, 0.25) is 5.91 Å². The number of nitrogens with zero attached hydrogens (tertiary/aromatic N) is 6. The highest BCUT2D eigenvalue weighted by molar-refractivity contribution is 7.14. The minimum atomic E-state index is 0.180. The molecule has 4 aromatic rings. The second-order valence-corrected chi connectivity index (χ2v) is 13.6. The largest absolute Gasteiger partial charge is 0.457 e. The fraction of sp³-hybridized carbons (Fsp3) is 0.485. The fourth-order valence-corrected chi connectivity index (χ4v) is 6.95. The van der Waals surface area contributed by atoms with Crippen LogP contribution < -0.4 is 4.74 Å². The summed E-state index contributed by atoms with van der Waals surface area (Å²) in [4.78, 5) is 22.0. The number of piperidine rings is 1. The van der Waals surface area contributed by atoms with Crippen LogP contribution in [-0.2, 0) is 11.3 Å². The zero-order valence-corrected chi connectivity index (χ0v) is 25.8. The maximum Gasteiger partial charge on any atom is 0.258 e. The molecule has 1 aliphatic carbocycles. The van der Waals surface area contributed by atoms with E-state index in [0.717, 1.165) is 71.0 Å². The van der Waals surface area contributed by atoms with Gasteiger partial charge >= 0.3 is 0 Å². The monoisotopic (exact) mass is 598 g/mol. The number of rotatable bonds is 9. The number of carbonyl (C=O) groups excluding carboxylic acids is 1. The number of amides is 1. The molecule has 1 amide bonds. The molecule has 43 heavy (non-hydrogen) atoms. The Labute approximate surface area is 256 Å². The Bertz CT molecular complexity index is 1590. The summed E-state index contributed by atoms with van der Waals surface area (Å²) in [6.45, 7) is 9.82. The first-order valence-electron chi connectivity index (χ1n) is 15.5. The van der Waals surface area contributed by atoms with Crippen LogP contribution in [-0.4, -0.2) is 61.7 Å². The molecule has 2 aromatic carbocycles. The summed E-state index contributed by atoms with van der Waals surface area (Å²) in [5, 5.41) is 15.0. The standard InChI is InChI=1S/C33H38N6O3S/c1-20(2)32-35-36-33(43-32)23-6-10-27(11-7-23)41-28-17-24(4-5-25(28)19-39-18-21(3)16-29(39)40)31-34-30(37-42-31)22-12-14-38(15-13-22)26-8-9-26/h4-7,10-11,17,20-22,26H,8-9,12-16,18-19H2,1-3H3/t21-/m0/s1. The third-order valence-corrected chi connectivity index (χ3v) is 10.0. The van der Waals surface area contributed by atoms with E-state index in [0.29, 0.717) is 48.1 Å². The summed E-state index contributed by atoms with van der Waals surface area (Å²) in [7, 11) is 0. The van der Waals surface area contributed by atoms with Gasteiger partial charge in [-0.15, -0.1) is 10.2 Å². The molecule has 0 N–H and O–H groups in total. The van der Waals surface area contributed by atoms with Gasteiger partial charge in [-0.1, -0.05) is 43.3 Å². The zero-order chi connectivity index (χ0) is 29.5. The van der Waals surface area contributed by atoms with Crippen LogP contribution in [0.5, 0.6) is 11.5 Å². The van der Waals surface area contributed by atoms with E-state index in [1.807, 2.05) is 47.4 Å². The van der Waals surface area contributed by atoms with Crippen LogP contribution in [0, 0.1) is 5.92 Å². The topological polar surface area (TPSA) is 97.5 Å². The average Bonchev–Trinajstić information content (AvgIpc) is 3.37. The van der Waals surface area contributed by atoms with E-state index < -0.39 is 0 Å². The van der Waals surface area contributed by atoms with Gasteiger partial charge in [-0.25, -0.2) is 0 Å². The molecule has 2 aromatic heterocycles. The SMILES string of the molecule is CC(C)c1nnc(-c2ccc(Oc3cc(-c4nc(C5CCN(C6CC6)CC5)no4)ccc3CN3C[C@@H](C)CC3=O)cc2)s1. The van der Waals surface area contributed by atoms with Crippen molar-refractivity contribution in [1.82, 2.24) is 30.1 Å². The lowest BCUT2D eigenvalue weighted by molar-refractivity contribution is -0.128. The molecule has 0 radical (unpaired) electrons. The third kappa shape index (κ3) is 6.21. The van der Waals surface area contributed by atoms with Crippen molar-refractivity contribution in [2.24, 2.45) is 5.92 Å². The molecule has 3 aliphatic rings. The summed E-state index contributed by atoms with van der Waals surface area (Å²) in [6.07, 6.45) is 5.40. The normalized spacial score (nSPS) is 20.0. The first kappa shape index (κ1) is 28.2. The number of aromatic nitrogens is 4. The molecule has 1 saturated carbocycles. The van der Waals surface area contributed by atoms with Gasteiger partial charge in [-0.2, -0.15) is 4.98 Å². The van der Waals surface area contributed by atoms with E-state index in [2.05, 4.69) is 41.0 Å². The molecular formula is C33H38N6O3S. The predicted octanol–water partition coefficient (Wildman–Crippen LogP) is 6.88. The molecular weight excluding hydrogens is 560 g/mol. The molecule has 1 atom stereocenters. The number of benzene rings is 2. The number of hydrogen-bond acceptors (Lipinski definition) is 9. The van der Waals surface area contributed by atoms with Gasteiger partial charge in [-0.3, -0.25) is 4.79 Å². The molecule has 10 heteroatoms. The van der Waals surface area contributed by atoms with Crippen LogP contribution in [0.3, 0.4) is 0 Å². The van der Waals surface area contributed by atoms with E-state index in [1.165, 1.54) is 12.8 Å². The Hall–Kier alpha value is -3.63. The van der Waals surface area contributed by atoms with E-state index in [1.54, 1.807) is 11.3 Å². The molecule has 7 rings (SSSR count). The van der Waals surface area contributed by atoms with Crippen LogP contribution in [0.25, 0.3) is 22.0 Å². The lowest BCUT2D eigenvalue weighted by Crippen LogP contribution is -2.34. The quantitative estimate of drug-likeness (QED) is 0.206. The first-order chi connectivity index (χ1) is 20.9. The number of hydrogen-bond donors (Lipinski definition) is 0. The van der Waals surface area contributed by atoms with Crippen molar-refractivity contribution < 1.29 is 14.1 Å². The Morgan fingerprint density at radius 2 is 1.79 bits per heavy atom. The van der Waals surface area contributed by atoms with Crippen LogP contribution >= 0.6 is 11.3 Å². The van der Waals surface area contributed by atoms with Crippen molar-refractivity contribution in [3.8, 4) is 33.5 Å². The Balaban J connectivity index is 1.12. The van der Waals surface area contributed by atoms with E-state index in [9.17, 15) is 4.79 Å². The zero-order valence-electron chi connectivity index (χ0n) is 25.0. The lowest BCUT2D eigenvalue weighted by atomic mass is 9.96. The molecule has 3 fully saturated rings. The fourth-order valence-electron chi connectivity index (χ4n) is 6.10. The number of carbonyl (C=O) groups is 1. The first-order valence-corrected chi connectivity index (χ1v) is 16.3. The highest BCUT2D eigenvalue weighted by Crippen LogP contribution is 2.37. The molecule has 4 heterocycles. The van der Waals surface area contributed by atoms with Crippen molar-refractivity contribution in [1.29, 1.82) is 0 Å². The molecule has 0 spiro atoms. The van der Waals surface area contributed by atoms with Gasteiger partial charge in [-0.05, 0) is 81.1 Å². The van der Waals surface area contributed by atoms with Gasteiger partial charge < -0.3 is 19.1 Å². The van der Waals surface area contributed by atoms with E-state index >= 15 is 0 Å². The Morgan fingerprint density at radius 1 is 1.02 bits per heavy atom. The van der Waals surface area contributed by atoms with E-state index in [4.69, 9.17) is 14.2 Å². The van der Waals surface area contributed by atoms with Crippen molar-refractivity contribution in [2.45, 2.75) is 77.3 Å². The van der Waals surface area contributed by atoms with Gasteiger partial charge in [0.1, 0.15) is 21.5 Å². The van der Waals surface area contributed by atoms with Crippen molar-refractivity contribution in [3.05, 3.63) is 58.9 Å². The van der Waals surface area contributed by atoms with Gasteiger partial charge in [0.05, 0.1) is 0 Å². The van der Waals surface area contributed by atoms with Crippen LogP contribution in [0.4, 0.5) is 0 Å². The smallest absolute Gasteiger partial charge is 0.258 e. The highest BCUT2D eigenvalue weighted by atomic mass is 32.1. The van der Waals surface area contributed by atoms with Gasteiger partial charge in [0, 0.05) is 54.1 Å². The molecule has 9 nitrogen and oxygen atoms in total. The lowest BCUT2D eigenvalue weighted by Gasteiger charge is -2.30. The third-order valence-electron chi connectivity index (χ3n) is 8.75. The van der Waals surface area contributed by atoms with E-state index in [-0.39, 0.29) is 5.91 Å². The predicted molar refractivity (Wildman–Crippen MR) is 165 cm³/mol. The van der Waals surface area contributed by atoms with Crippen molar-refractivity contribution >= 4 is 17.2 Å². The van der Waals surface area contributed by atoms with Crippen LogP contribution in [0.15, 0.2) is 47.0 Å². The average molecular weight is 599 g/mol. The van der Waals surface area contributed by atoms with Crippen molar-refractivity contribution in [2.75, 3.05) is 19.6 Å². The Kier molecular flexibility index (Phi) is 7.73. The molecule has 224 valence electrons. The minimum absolute atomic E-state index is 0.180. The van der Waals surface area contributed by atoms with Crippen LogP contribution in [0.2, 0.25) is 0 Å². The van der Waals surface area contributed by atoms with Gasteiger partial charge in [0.25, 0.3) is 5.89 Å². The molecule has 2 saturated heterocycles. The maximum atomic E-state index is 12.6. The minimum Gasteiger partial charge on any atom is -0.457 e. The summed E-state index contributed by atoms with van der Waals surface area (Å²) in [6, 6.07) is 14.7. The second kappa shape index (κ2) is 11.8. The maximum absolute atomic E-state index is 12.6. The number of ether oxygens (including phenoxy) is 1. The Morgan fingerprint density at radius 3 is 2.47 bits per heavy atom. The summed E-state index contributed by atoms with van der Waals surface area (Å²) in [5.74, 6) is 3.87. The molecule has 0 unspecified atom stereocenters. The number of likely N-dealkylation sites (tertiary alicyclic amines) is 2. The second-order valence-electron chi connectivity index (χ2n) is 12.6. The summed E-state index contributed by atoms with van der Waals surface area (Å²) >= 11 is 1.61.